The van der Waals surface area contributed by atoms with Gasteiger partial charge in [0.05, 0.1) is 15.5 Å². The third kappa shape index (κ3) is 1.14. The van der Waals surface area contributed by atoms with E-state index in [4.69, 9.17) is 0 Å². The van der Waals surface area contributed by atoms with Crippen LogP contribution in [0.15, 0.2) is 33.7 Å². The summed E-state index contributed by atoms with van der Waals surface area (Å²) in [4.78, 5) is 17.9. The molecular formula is C8H5BrN2O. The van der Waals surface area contributed by atoms with Crippen molar-refractivity contribution in [3.05, 3.63) is 39.2 Å². The standard InChI is InChI=1S/C8H5BrN2O/c9-5-4-7-6(11-8(5)12)2-1-3-10-7/h1-4H,(H,11,12). The highest BCUT2D eigenvalue weighted by atomic mass is 79.9. The third-order valence-corrected chi connectivity index (χ3v) is 2.16. The molecule has 0 radical (unpaired) electrons. The SMILES string of the molecule is O=c1[nH]c2cccnc2cc1Br. The molecule has 60 valence electrons. The number of pyridine rings is 2. The van der Waals surface area contributed by atoms with Crippen molar-refractivity contribution in [2.24, 2.45) is 0 Å². The van der Waals surface area contributed by atoms with E-state index in [9.17, 15) is 4.79 Å². The molecule has 0 aliphatic heterocycles. The predicted octanol–water partition coefficient (Wildman–Crippen LogP) is 1.69. The van der Waals surface area contributed by atoms with E-state index in [2.05, 4.69) is 25.9 Å². The summed E-state index contributed by atoms with van der Waals surface area (Å²) in [6.45, 7) is 0. The Labute approximate surface area is 76.6 Å². The van der Waals surface area contributed by atoms with Gasteiger partial charge in [-0.3, -0.25) is 9.78 Å². The van der Waals surface area contributed by atoms with E-state index >= 15 is 0 Å². The van der Waals surface area contributed by atoms with Gasteiger partial charge in [-0.25, -0.2) is 0 Å². The maximum atomic E-state index is 11.1. The third-order valence-electron chi connectivity index (χ3n) is 1.57. The molecular weight excluding hydrogens is 220 g/mol. The van der Waals surface area contributed by atoms with Gasteiger partial charge in [0.2, 0.25) is 0 Å². The maximum Gasteiger partial charge on any atom is 0.262 e. The normalized spacial score (nSPS) is 10.4. The monoisotopic (exact) mass is 224 g/mol. The molecule has 0 spiro atoms. The molecule has 2 rings (SSSR count). The van der Waals surface area contributed by atoms with Crippen molar-refractivity contribution in [2.75, 3.05) is 0 Å². The number of fused-ring (bicyclic) bond motifs is 1. The van der Waals surface area contributed by atoms with Crippen LogP contribution in [-0.2, 0) is 0 Å². The van der Waals surface area contributed by atoms with Gasteiger partial charge in [0.15, 0.2) is 0 Å². The predicted molar refractivity (Wildman–Crippen MR) is 50.1 cm³/mol. The molecule has 0 fully saturated rings. The largest absolute Gasteiger partial charge is 0.320 e. The number of hydrogen-bond acceptors (Lipinski definition) is 2. The molecule has 0 saturated carbocycles. The van der Waals surface area contributed by atoms with Crippen molar-refractivity contribution in [1.82, 2.24) is 9.97 Å². The Kier molecular flexibility index (Phi) is 1.69. The van der Waals surface area contributed by atoms with Crippen LogP contribution in [0.2, 0.25) is 0 Å². The zero-order chi connectivity index (χ0) is 8.55. The molecule has 0 aliphatic rings. The zero-order valence-electron chi connectivity index (χ0n) is 6.04. The highest BCUT2D eigenvalue weighted by Gasteiger charge is 1.98. The van der Waals surface area contributed by atoms with E-state index in [1.807, 2.05) is 6.07 Å². The van der Waals surface area contributed by atoms with Gasteiger partial charge < -0.3 is 4.98 Å². The molecule has 1 N–H and O–H groups in total. The van der Waals surface area contributed by atoms with Gasteiger partial charge in [-0.2, -0.15) is 0 Å². The van der Waals surface area contributed by atoms with Gasteiger partial charge in [-0.15, -0.1) is 0 Å². The Balaban J connectivity index is 2.93. The molecule has 0 saturated heterocycles. The average Bonchev–Trinajstić information content (AvgIpc) is 2.07. The molecule has 3 nitrogen and oxygen atoms in total. The van der Waals surface area contributed by atoms with Gasteiger partial charge in [-0.1, -0.05) is 0 Å². The molecule has 2 aromatic heterocycles. The zero-order valence-corrected chi connectivity index (χ0v) is 7.63. The summed E-state index contributed by atoms with van der Waals surface area (Å²) in [5, 5.41) is 0. The number of H-pyrrole nitrogens is 1. The number of rotatable bonds is 0. The van der Waals surface area contributed by atoms with E-state index in [0.717, 1.165) is 11.0 Å². The number of nitrogens with zero attached hydrogens (tertiary/aromatic N) is 1. The molecule has 0 aliphatic carbocycles. The summed E-state index contributed by atoms with van der Waals surface area (Å²) in [5.41, 5.74) is 1.41. The lowest BCUT2D eigenvalue weighted by atomic mass is 10.3. The van der Waals surface area contributed by atoms with Gasteiger partial charge >= 0.3 is 0 Å². The van der Waals surface area contributed by atoms with Crippen molar-refractivity contribution >= 4 is 27.0 Å². The van der Waals surface area contributed by atoms with Crippen molar-refractivity contribution in [1.29, 1.82) is 0 Å². The lowest BCUT2D eigenvalue weighted by Crippen LogP contribution is -2.05. The first-order valence-corrected chi connectivity index (χ1v) is 4.20. The Morgan fingerprint density at radius 2 is 2.33 bits per heavy atom. The minimum absolute atomic E-state index is 0.129. The smallest absolute Gasteiger partial charge is 0.262 e. The molecule has 0 amide bonds. The van der Waals surface area contributed by atoms with Crippen LogP contribution in [0.4, 0.5) is 0 Å². The Bertz CT molecular complexity index is 478. The van der Waals surface area contributed by atoms with Crippen LogP contribution in [0.3, 0.4) is 0 Å². The van der Waals surface area contributed by atoms with Crippen LogP contribution in [0, 0.1) is 0 Å². The van der Waals surface area contributed by atoms with E-state index in [0.29, 0.717) is 4.47 Å². The number of halogens is 1. The summed E-state index contributed by atoms with van der Waals surface area (Å²) in [5.74, 6) is 0. The van der Waals surface area contributed by atoms with Crippen LogP contribution >= 0.6 is 15.9 Å². The van der Waals surface area contributed by atoms with E-state index in [1.165, 1.54) is 0 Å². The molecule has 12 heavy (non-hydrogen) atoms. The Morgan fingerprint density at radius 1 is 1.50 bits per heavy atom. The highest BCUT2D eigenvalue weighted by molar-refractivity contribution is 9.10. The highest BCUT2D eigenvalue weighted by Crippen LogP contribution is 2.09. The summed E-state index contributed by atoms with van der Waals surface area (Å²) >= 11 is 3.13. The van der Waals surface area contributed by atoms with Gasteiger partial charge in [0, 0.05) is 6.20 Å². The van der Waals surface area contributed by atoms with Crippen molar-refractivity contribution in [2.45, 2.75) is 0 Å². The minimum atomic E-state index is -0.129. The summed E-state index contributed by atoms with van der Waals surface area (Å²) < 4.78 is 0.508. The van der Waals surface area contributed by atoms with Gasteiger partial charge in [0.25, 0.3) is 5.56 Å². The topological polar surface area (TPSA) is 45.8 Å². The second kappa shape index (κ2) is 2.71. The number of hydrogen-bond donors (Lipinski definition) is 1. The molecule has 2 aromatic rings. The van der Waals surface area contributed by atoms with Crippen molar-refractivity contribution < 1.29 is 0 Å². The second-order valence-electron chi connectivity index (χ2n) is 2.38. The van der Waals surface area contributed by atoms with Crippen LogP contribution in [0.25, 0.3) is 11.0 Å². The average molecular weight is 225 g/mol. The van der Waals surface area contributed by atoms with Crippen LogP contribution < -0.4 is 5.56 Å². The summed E-state index contributed by atoms with van der Waals surface area (Å²) in [6, 6.07) is 5.30. The van der Waals surface area contributed by atoms with Crippen molar-refractivity contribution in [3.63, 3.8) is 0 Å². The number of nitrogens with one attached hydrogen (secondary N) is 1. The number of aromatic amines is 1. The fourth-order valence-corrected chi connectivity index (χ4v) is 1.32. The molecule has 0 atom stereocenters. The molecule has 0 unspecified atom stereocenters. The van der Waals surface area contributed by atoms with E-state index < -0.39 is 0 Å². The minimum Gasteiger partial charge on any atom is -0.320 e. The quantitative estimate of drug-likeness (QED) is 0.741. The molecule has 4 heteroatoms. The fourth-order valence-electron chi connectivity index (χ4n) is 1.01. The first-order chi connectivity index (χ1) is 5.77. The Hall–Kier alpha value is -1.16. The Morgan fingerprint density at radius 3 is 3.17 bits per heavy atom. The van der Waals surface area contributed by atoms with Crippen molar-refractivity contribution in [3.8, 4) is 0 Å². The first-order valence-electron chi connectivity index (χ1n) is 3.41. The fraction of sp³-hybridized carbons (Fsp3) is 0. The van der Waals surface area contributed by atoms with Gasteiger partial charge in [0.1, 0.15) is 0 Å². The van der Waals surface area contributed by atoms with E-state index in [-0.39, 0.29) is 5.56 Å². The molecule has 0 bridgehead atoms. The van der Waals surface area contributed by atoms with Crippen LogP contribution in [0.1, 0.15) is 0 Å². The lowest BCUT2D eigenvalue weighted by molar-refractivity contribution is 1.25. The van der Waals surface area contributed by atoms with Crippen LogP contribution in [0.5, 0.6) is 0 Å². The number of aromatic nitrogens is 2. The summed E-state index contributed by atoms with van der Waals surface area (Å²) in [6.07, 6.45) is 1.69. The summed E-state index contributed by atoms with van der Waals surface area (Å²) in [7, 11) is 0. The molecule has 0 aromatic carbocycles. The second-order valence-corrected chi connectivity index (χ2v) is 3.24. The maximum absolute atomic E-state index is 11.1. The molecule has 2 heterocycles. The lowest BCUT2D eigenvalue weighted by Gasteiger charge is -1.95. The first kappa shape index (κ1) is 7.49. The van der Waals surface area contributed by atoms with E-state index in [1.54, 1.807) is 18.3 Å². The van der Waals surface area contributed by atoms with Gasteiger partial charge in [-0.05, 0) is 34.1 Å². The van der Waals surface area contributed by atoms with Crippen LogP contribution in [-0.4, -0.2) is 9.97 Å².